The van der Waals surface area contributed by atoms with Gasteiger partial charge in [-0.15, -0.1) is 0 Å². The first kappa shape index (κ1) is 20.5. The number of rotatable bonds is 4. The highest BCUT2D eigenvalue weighted by molar-refractivity contribution is 5.94. The van der Waals surface area contributed by atoms with Crippen LogP contribution in [0.15, 0.2) is 60.9 Å². The first-order valence-corrected chi connectivity index (χ1v) is 9.91. The van der Waals surface area contributed by atoms with E-state index in [1.54, 1.807) is 23.1 Å². The molecule has 9 heteroatoms. The summed E-state index contributed by atoms with van der Waals surface area (Å²) in [5, 5.41) is 9.64. The Labute approximate surface area is 177 Å². The Morgan fingerprint density at radius 2 is 1.71 bits per heavy atom. The van der Waals surface area contributed by atoms with E-state index >= 15 is 0 Å². The number of urea groups is 1. The lowest BCUT2D eigenvalue weighted by Crippen LogP contribution is -2.47. The zero-order chi connectivity index (χ0) is 21.8. The van der Waals surface area contributed by atoms with Gasteiger partial charge >= 0.3 is 6.03 Å². The maximum Gasteiger partial charge on any atom is 0.319 e. The molecule has 0 bridgehead atoms. The minimum absolute atomic E-state index is 0.0781. The van der Waals surface area contributed by atoms with Crippen LogP contribution in [0.3, 0.4) is 0 Å². The minimum atomic E-state index is -0.421. The number of aromatic nitrogens is 2. The molecule has 1 aromatic heterocycles. The molecule has 3 aromatic rings. The summed E-state index contributed by atoms with van der Waals surface area (Å²) in [6.45, 7) is 0.955. The van der Waals surface area contributed by atoms with Gasteiger partial charge < -0.3 is 15.5 Å². The molecule has 0 spiro atoms. The predicted octanol–water partition coefficient (Wildman–Crippen LogP) is 3.58. The van der Waals surface area contributed by atoms with E-state index in [4.69, 9.17) is 0 Å². The van der Waals surface area contributed by atoms with Crippen molar-refractivity contribution in [2.75, 3.05) is 18.4 Å². The molecule has 0 atom stereocenters. The molecule has 0 aliphatic carbocycles. The Morgan fingerprint density at radius 3 is 2.42 bits per heavy atom. The summed E-state index contributed by atoms with van der Waals surface area (Å²) in [5.74, 6) is -0.977. The maximum atomic E-state index is 13.9. The van der Waals surface area contributed by atoms with Crippen molar-refractivity contribution in [1.82, 2.24) is 20.0 Å². The molecule has 0 saturated carbocycles. The van der Waals surface area contributed by atoms with Crippen LogP contribution in [0.2, 0.25) is 0 Å². The third kappa shape index (κ3) is 4.88. The molecule has 1 aliphatic rings. The Balaban J connectivity index is 1.29. The fourth-order valence-corrected chi connectivity index (χ4v) is 3.50. The number of anilines is 1. The molecule has 2 heterocycles. The van der Waals surface area contributed by atoms with Gasteiger partial charge in [0.05, 0.1) is 11.8 Å². The van der Waals surface area contributed by atoms with Gasteiger partial charge in [0.1, 0.15) is 17.3 Å². The van der Waals surface area contributed by atoms with Gasteiger partial charge in [0.15, 0.2) is 0 Å². The Morgan fingerprint density at radius 1 is 1.00 bits per heavy atom. The van der Waals surface area contributed by atoms with Gasteiger partial charge in [0, 0.05) is 31.0 Å². The summed E-state index contributed by atoms with van der Waals surface area (Å²) >= 11 is 0. The van der Waals surface area contributed by atoms with Gasteiger partial charge in [-0.25, -0.2) is 18.3 Å². The van der Waals surface area contributed by atoms with Crippen LogP contribution in [0.25, 0.3) is 5.69 Å². The van der Waals surface area contributed by atoms with Gasteiger partial charge in [0.25, 0.3) is 5.91 Å². The molecule has 7 nitrogen and oxygen atoms in total. The highest BCUT2D eigenvalue weighted by atomic mass is 19.1. The molecule has 0 radical (unpaired) electrons. The summed E-state index contributed by atoms with van der Waals surface area (Å²) in [7, 11) is 0. The van der Waals surface area contributed by atoms with Crippen LogP contribution in [-0.4, -0.2) is 45.8 Å². The van der Waals surface area contributed by atoms with Gasteiger partial charge in [-0.3, -0.25) is 4.79 Å². The Hall–Kier alpha value is -3.75. The van der Waals surface area contributed by atoms with Crippen LogP contribution in [0, 0.1) is 11.6 Å². The largest absolute Gasteiger partial charge is 0.338 e. The maximum absolute atomic E-state index is 13.9. The molecule has 0 unspecified atom stereocenters. The van der Waals surface area contributed by atoms with Crippen molar-refractivity contribution in [3.05, 3.63) is 78.1 Å². The SMILES string of the molecule is O=C(Nc1ccc(F)cc1)NC1CCN(C(=O)c2cnn(-c3ccccc3F)c2)CC1. The number of likely N-dealkylation sites (tertiary alicyclic amines) is 1. The number of nitrogens with zero attached hydrogens (tertiary/aromatic N) is 3. The smallest absolute Gasteiger partial charge is 0.319 e. The summed E-state index contributed by atoms with van der Waals surface area (Å²) in [5.41, 5.74) is 1.15. The lowest BCUT2D eigenvalue weighted by Gasteiger charge is -2.32. The molecule has 1 fully saturated rings. The van der Waals surface area contributed by atoms with Gasteiger partial charge in [-0.2, -0.15) is 5.10 Å². The van der Waals surface area contributed by atoms with Crippen LogP contribution in [0.1, 0.15) is 23.2 Å². The van der Waals surface area contributed by atoms with E-state index in [0.717, 1.165) is 0 Å². The van der Waals surface area contributed by atoms with Crippen LogP contribution >= 0.6 is 0 Å². The van der Waals surface area contributed by atoms with Crippen molar-refractivity contribution in [1.29, 1.82) is 0 Å². The summed E-state index contributed by atoms with van der Waals surface area (Å²) in [4.78, 5) is 26.6. The second-order valence-corrected chi connectivity index (χ2v) is 7.30. The molecule has 4 rings (SSSR count). The zero-order valence-corrected chi connectivity index (χ0v) is 16.6. The highest BCUT2D eigenvalue weighted by Gasteiger charge is 2.25. The van der Waals surface area contributed by atoms with Crippen LogP contribution in [0.4, 0.5) is 19.3 Å². The summed E-state index contributed by atoms with van der Waals surface area (Å²) in [6.07, 6.45) is 4.14. The lowest BCUT2D eigenvalue weighted by atomic mass is 10.0. The number of carbonyl (C=O) groups excluding carboxylic acids is 2. The normalized spacial score (nSPS) is 14.3. The number of hydrogen-bond acceptors (Lipinski definition) is 3. The fourth-order valence-electron chi connectivity index (χ4n) is 3.50. The van der Waals surface area contributed by atoms with Crippen molar-refractivity contribution < 1.29 is 18.4 Å². The van der Waals surface area contributed by atoms with E-state index in [-0.39, 0.29) is 29.5 Å². The summed E-state index contributed by atoms with van der Waals surface area (Å²) < 4.78 is 28.2. The molecule has 1 saturated heterocycles. The monoisotopic (exact) mass is 425 g/mol. The third-order valence-corrected chi connectivity index (χ3v) is 5.15. The number of halogens is 2. The van der Waals surface area contributed by atoms with Gasteiger partial charge in [-0.1, -0.05) is 12.1 Å². The molecule has 160 valence electrons. The zero-order valence-electron chi connectivity index (χ0n) is 16.6. The van der Waals surface area contributed by atoms with Crippen molar-refractivity contribution in [2.45, 2.75) is 18.9 Å². The number of hydrogen-bond donors (Lipinski definition) is 2. The number of piperidine rings is 1. The quantitative estimate of drug-likeness (QED) is 0.671. The van der Waals surface area contributed by atoms with Crippen molar-refractivity contribution in [2.24, 2.45) is 0 Å². The van der Waals surface area contributed by atoms with E-state index in [1.165, 1.54) is 47.4 Å². The second kappa shape index (κ2) is 8.95. The Kier molecular flexibility index (Phi) is 5.92. The molecule has 31 heavy (non-hydrogen) atoms. The number of nitrogens with one attached hydrogen (secondary N) is 2. The highest BCUT2D eigenvalue weighted by Crippen LogP contribution is 2.17. The number of carbonyl (C=O) groups is 2. The molecule has 2 aromatic carbocycles. The van der Waals surface area contributed by atoms with Gasteiger partial charge in [0.2, 0.25) is 0 Å². The van der Waals surface area contributed by atoms with E-state index in [0.29, 0.717) is 37.2 Å². The number of amides is 3. The topological polar surface area (TPSA) is 79.3 Å². The van der Waals surface area contributed by atoms with Gasteiger partial charge in [-0.05, 0) is 49.2 Å². The third-order valence-electron chi connectivity index (χ3n) is 5.15. The number of benzene rings is 2. The Bertz CT molecular complexity index is 1080. The van der Waals surface area contributed by atoms with Crippen molar-refractivity contribution in [3.63, 3.8) is 0 Å². The molecule has 3 amide bonds. The minimum Gasteiger partial charge on any atom is -0.338 e. The molecular weight excluding hydrogens is 404 g/mol. The first-order chi connectivity index (χ1) is 15.0. The lowest BCUT2D eigenvalue weighted by molar-refractivity contribution is 0.0709. The second-order valence-electron chi connectivity index (χ2n) is 7.30. The van der Waals surface area contributed by atoms with Crippen LogP contribution in [0.5, 0.6) is 0 Å². The number of para-hydroxylation sites is 1. The summed E-state index contributed by atoms with van der Waals surface area (Å²) in [6, 6.07) is 11.3. The average Bonchev–Trinajstić information content (AvgIpc) is 3.26. The molecular formula is C22H21F2N5O2. The first-order valence-electron chi connectivity index (χ1n) is 9.91. The van der Waals surface area contributed by atoms with E-state index < -0.39 is 5.82 Å². The molecule has 1 aliphatic heterocycles. The van der Waals surface area contributed by atoms with E-state index in [9.17, 15) is 18.4 Å². The molecule has 2 N–H and O–H groups in total. The standard InChI is InChI=1S/C22H21F2N5O2/c23-16-5-7-17(8-6-16)26-22(31)27-18-9-11-28(12-10-18)21(30)15-13-25-29(14-15)20-4-2-1-3-19(20)24/h1-8,13-14,18H,9-12H2,(H2,26,27,31). The van der Waals surface area contributed by atoms with Crippen molar-refractivity contribution >= 4 is 17.6 Å². The van der Waals surface area contributed by atoms with E-state index in [1.807, 2.05) is 0 Å². The predicted molar refractivity (Wildman–Crippen MR) is 111 cm³/mol. The average molecular weight is 425 g/mol. The van der Waals surface area contributed by atoms with E-state index in [2.05, 4.69) is 15.7 Å². The van der Waals surface area contributed by atoms with Crippen LogP contribution < -0.4 is 10.6 Å². The van der Waals surface area contributed by atoms with Crippen molar-refractivity contribution in [3.8, 4) is 5.69 Å². The fraction of sp³-hybridized carbons (Fsp3) is 0.227. The van der Waals surface area contributed by atoms with Crippen LogP contribution in [-0.2, 0) is 0 Å².